The molecule has 0 rings (SSSR count). The summed E-state index contributed by atoms with van der Waals surface area (Å²) in [5, 5.41) is 0. The molecule has 144 valence electrons. The largest absolute Gasteiger partial charge is 0.443 e. The smallest absolute Gasteiger partial charge is 0.425 e. The van der Waals surface area contributed by atoms with Crippen LogP contribution in [0.15, 0.2) is 0 Å². The zero-order valence-corrected chi connectivity index (χ0v) is 17.2. The average Bonchev–Trinajstić information content (AvgIpc) is 2.43. The van der Waals surface area contributed by atoms with Crippen molar-refractivity contribution >= 4 is 16.3 Å². The molecule has 0 aromatic rings. The van der Waals surface area contributed by atoms with Gasteiger partial charge in [0.05, 0.1) is 19.6 Å². The first-order chi connectivity index (χ1) is 11.0. The molecule has 0 saturated heterocycles. The SMILES string of the molecule is CCCC[N+](CCCC)(CCCC)S(=O)(=O)NC(=O)OC(C)(C)C. The fourth-order valence-corrected chi connectivity index (χ4v) is 4.09. The number of carbonyl (C=O) groups is 1. The van der Waals surface area contributed by atoms with Gasteiger partial charge in [-0.05, 0) is 40.0 Å². The number of unbranched alkanes of at least 4 members (excludes halogenated alkanes) is 3. The van der Waals surface area contributed by atoms with Crippen LogP contribution in [0.1, 0.15) is 80.1 Å². The van der Waals surface area contributed by atoms with Crippen LogP contribution in [0.25, 0.3) is 0 Å². The normalized spacial score (nSPS) is 12.9. The third-order valence-corrected chi connectivity index (χ3v) is 5.87. The molecule has 1 amide bonds. The minimum Gasteiger partial charge on any atom is -0.443 e. The van der Waals surface area contributed by atoms with Crippen molar-refractivity contribution in [2.75, 3.05) is 19.6 Å². The fourth-order valence-electron chi connectivity index (χ4n) is 2.54. The van der Waals surface area contributed by atoms with Crippen LogP contribution in [0, 0.1) is 0 Å². The van der Waals surface area contributed by atoms with Crippen LogP contribution in [-0.2, 0) is 14.9 Å². The van der Waals surface area contributed by atoms with Crippen molar-refractivity contribution in [3.05, 3.63) is 0 Å². The molecule has 0 aromatic carbocycles. The van der Waals surface area contributed by atoms with Crippen LogP contribution >= 0.6 is 0 Å². The second-order valence-electron chi connectivity index (χ2n) is 7.37. The highest BCUT2D eigenvalue weighted by Crippen LogP contribution is 2.20. The molecule has 6 nitrogen and oxygen atoms in total. The predicted molar refractivity (Wildman–Crippen MR) is 97.9 cm³/mol. The average molecular weight is 366 g/mol. The van der Waals surface area contributed by atoms with E-state index in [1.165, 1.54) is 0 Å². The number of hydrogen-bond acceptors (Lipinski definition) is 4. The highest BCUT2D eigenvalue weighted by molar-refractivity contribution is 7.84. The summed E-state index contributed by atoms with van der Waals surface area (Å²) in [5.41, 5.74) is -0.731. The summed E-state index contributed by atoms with van der Waals surface area (Å²) >= 11 is 0. The summed E-state index contributed by atoms with van der Waals surface area (Å²) in [7, 11) is -3.86. The van der Waals surface area contributed by atoms with Crippen LogP contribution in [0.5, 0.6) is 0 Å². The topological polar surface area (TPSA) is 72.5 Å². The lowest BCUT2D eigenvalue weighted by Crippen LogP contribution is -2.60. The van der Waals surface area contributed by atoms with E-state index in [1.807, 2.05) is 20.8 Å². The maximum Gasteiger partial charge on any atom is 0.425 e. The number of quaternary nitrogens is 1. The predicted octanol–water partition coefficient (Wildman–Crippen LogP) is 3.97. The first-order valence-corrected chi connectivity index (χ1v) is 10.6. The Balaban J connectivity index is 5.48. The van der Waals surface area contributed by atoms with Gasteiger partial charge in [-0.15, -0.1) is 0 Å². The molecule has 0 aromatic heterocycles. The van der Waals surface area contributed by atoms with Crippen molar-refractivity contribution in [3.63, 3.8) is 0 Å². The molecule has 0 aliphatic carbocycles. The van der Waals surface area contributed by atoms with Crippen molar-refractivity contribution in [2.45, 2.75) is 85.7 Å². The van der Waals surface area contributed by atoms with Gasteiger partial charge in [0.1, 0.15) is 5.60 Å². The zero-order chi connectivity index (χ0) is 18.9. The van der Waals surface area contributed by atoms with E-state index in [0.29, 0.717) is 19.6 Å². The molecule has 0 saturated carbocycles. The van der Waals surface area contributed by atoms with Crippen LogP contribution in [0.3, 0.4) is 0 Å². The summed E-state index contributed by atoms with van der Waals surface area (Å²) in [6, 6.07) is 0. The second-order valence-corrected chi connectivity index (χ2v) is 9.30. The third-order valence-electron chi connectivity index (χ3n) is 3.88. The van der Waals surface area contributed by atoms with Gasteiger partial charge in [0, 0.05) is 0 Å². The first-order valence-electron chi connectivity index (χ1n) is 9.15. The maximum atomic E-state index is 13.0. The fraction of sp³-hybridized carbons (Fsp3) is 0.941. The molecule has 0 radical (unpaired) electrons. The molecule has 7 heteroatoms. The maximum absolute atomic E-state index is 13.0. The lowest BCUT2D eigenvalue weighted by Gasteiger charge is -2.36. The number of amides is 1. The van der Waals surface area contributed by atoms with Gasteiger partial charge in [-0.2, -0.15) is 17.0 Å². The van der Waals surface area contributed by atoms with E-state index < -0.39 is 21.9 Å². The number of carbonyl (C=O) groups excluding carboxylic acids is 1. The highest BCUT2D eigenvalue weighted by Gasteiger charge is 2.42. The number of nitrogens with one attached hydrogen (secondary N) is 1. The van der Waals surface area contributed by atoms with E-state index in [1.54, 1.807) is 20.8 Å². The highest BCUT2D eigenvalue weighted by atomic mass is 32.2. The molecular weight excluding hydrogens is 328 g/mol. The molecule has 0 bridgehead atoms. The van der Waals surface area contributed by atoms with Gasteiger partial charge in [-0.25, -0.2) is 4.79 Å². The summed E-state index contributed by atoms with van der Waals surface area (Å²) in [4.78, 5) is 12.0. The molecule has 24 heavy (non-hydrogen) atoms. The Morgan fingerprint density at radius 3 is 1.58 bits per heavy atom. The summed E-state index contributed by atoms with van der Waals surface area (Å²) in [5.74, 6) is 0. The Hall–Kier alpha value is -0.820. The van der Waals surface area contributed by atoms with Crippen LogP contribution in [-0.4, -0.2) is 43.6 Å². The van der Waals surface area contributed by atoms with Gasteiger partial charge in [0.25, 0.3) is 0 Å². The van der Waals surface area contributed by atoms with Gasteiger partial charge in [0.2, 0.25) is 0 Å². The van der Waals surface area contributed by atoms with Crippen molar-refractivity contribution in [3.8, 4) is 0 Å². The molecule has 0 aliphatic rings. The van der Waals surface area contributed by atoms with Crippen LogP contribution in [0.4, 0.5) is 4.79 Å². The van der Waals surface area contributed by atoms with E-state index in [0.717, 1.165) is 38.5 Å². The summed E-state index contributed by atoms with van der Waals surface area (Å²) in [6.07, 6.45) is 4.28. The Labute approximate surface area is 148 Å². The quantitative estimate of drug-likeness (QED) is 0.562. The van der Waals surface area contributed by atoms with Crippen molar-refractivity contribution in [2.24, 2.45) is 0 Å². The van der Waals surface area contributed by atoms with E-state index >= 15 is 0 Å². The lowest BCUT2D eigenvalue weighted by atomic mass is 10.2. The first kappa shape index (κ1) is 23.2. The van der Waals surface area contributed by atoms with Gasteiger partial charge in [0.15, 0.2) is 0 Å². The summed E-state index contributed by atoms with van der Waals surface area (Å²) < 4.78 is 33.3. The van der Waals surface area contributed by atoms with Gasteiger partial charge in [-0.3, -0.25) is 0 Å². The van der Waals surface area contributed by atoms with E-state index in [4.69, 9.17) is 4.74 Å². The minimum absolute atomic E-state index is 0.0816. The molecule has 0 fully saturated rings. The Morgan fingerprint density at radius 2 is 1.29 bits per heavy atom. The van der Waals surface area contributed by atoms with E-state index in [9.17, 15) is 13.2 Å². The van der Waals surface area contributed by atoms with E-state index in [-0.39, 0.29) is 3.89 Å². The van der Waals surface area contributed by atoms with Gasteiger partial charge < -0.3 is 4.74 Å². The number of hydrogen-bond donors (Lipinski definition) is 1. The molecule has 1 N–H and O–H groups in total. The second kappa shape index (κ2) is 10.2. The summed E-state index contributed by atoms with van der Waals surface area (Å²) in [6.45, 7) is 12.8. The Kier molecular flexibility index (Phi) is 9.88. The Bertz CT molecular complexity index is 448. The lowest BCUT2D eigenvalue weighted by molar-refractivity contribution is -0.808. The zero-order valence-electron chi connectivity index (χ0n) is 16.4. The van der Waals surface area contributed by atoms with Crippen LogP contribution < -0.4 is 4.72 Å². The van der Waals surface area contributed by atoms with Gasteiger partial charge in [-0.1, -0.05) is 40.0 Å². The van der Waals surface area contributed by atoms with Crippen molar-refractivity contribution in [1.82, 2.24) is 4.72 Å². The van der Waals surface area contributed by atoms with Crippen molar-refractivity contribution in [1.29, 1.82) is 0 Å². The van der Waals surface area contributed by atoms with Crippen LogP contribution in [0.2, 0.25) is 0 Å². The van der Waals surface area contributed by atoms with E-state index in [2.05, 4.69) is 4.72 Å². The number of ether oxygens (including phenoxy) is 1. The standard InChI is InChI=1S/C17H36N2O4S/c1-7-10-13-19(14-11-8-2,15-12-9-3)24(21,22)18-16(20)23-17(4,5)6/h7-15H2,1-6H3/p+1. The monoisotopic (exact) mass is 365 g/mol. The molecular formula is C17H37N2O4S+. The molecule has 0 atom stereocenters. The van der Waals surface area contributed by atoms with Crippen molar-refractivity contribution < 1.29 is 21.8 Å². The third kappa shape index (κ3) is 7.83. The molecule has 0 aliphatic heterocycles. The number of rotatable bonds is 11. The molecule has 0 heterocycles. The Morgan fingerprint density at radius 1 is 0.917 bits per heavy atom. The molecule has 0 unspecified atom stereocenters. The van der Waals surface area contributed by atoms with Gasteiger partial charge >= 0.3 is 16.3 Å². The molecule has 0 spiro atoms. The number of nitrogens with zero attached hydrogens (tertiary/aromatic N) is 1. The minimum atomic E-state index is -3.86.